The summed E-state index contributed by atoms with van der Waals surface area (Å²) in [4.78, 5) is 3.78. The van der Waals surface area contributed by atoms with E-state index in [2.05, 4.69) is 10.3 Å². The molecular weight excluding hydrogens is 269 g/mol. The standard InChI is InChI=1S/C14H21F3N2O/c1-10(2)12(20)5-8-19-13(14(15,16)17)9-11-3-6-18-7-4-11/h3-4,6-7,10,12-13,19-20H,5,8-9H2,1-2H3. The molecule has 1 aromatic heterocycles. The Morgan fingerprint density at radius 2 is 1.85 bits per heavy atom. The van der Waals surface area contributed by atoms with Gasteiger partial charge in [-0.2, -0.15) is 13.2 Å². The molecule has 0 aliphatic heterocycles. The summed E-state index contributed by atoms with van der Waals surface area (Å²) in [7, 11) is 0. The third-order valence-corrected chi connectivity index (χ3v) is 3.18. The summed E-state index contributed by atoms with van der Waals surface area (Å²) in [5.41, 5.74) is 0.583. The van der Waals surface area contributed by atoms with Crippen LogP contribution in [0.2, 0.25) is 0 Å². The van der Waals surface area contributed by atoms with Crippen molar-refractivity contribution in [2.45, 2.75) is 45.0 Å². The van der Waals surface area contributed by atoms with E-state index in [9.17, 15) is 18.3 Å². The van der Waals surface area contributed by atoms with Crippen LogP contribution in [0, 0.1) is 5.92 Å². The summed E-state index contributed by atoms with van der Waals surface area (Å²) < 4.78 is 38.8. The molecule has 0 aromatic carbocycles. The molecule has 0 saturated heterocycles. The molecule has 0 fully saturated rings. The molecule has 0 radical (unpaired) electrons. The van der Waals surface area contributed by atoms with Crippen LogP contribution in [0.15, 0.2) is 24.5 Å². The van der Waals surface area contributed by atoms with Crippen molar-refractivity contribution in [1.29, 1.82) is 0 Å². The van der Waals surface area contributed by atoms with Gasteiger partial charge in [-0.05, 0) is 43.0 Å². The van der Waals surface area contributed by atoms with Crippen molar-refractivity contribution < 1.29 is 18.3 Å². The Bertz CT molecular complexity index is 382. The van der Waals surface area contributed by atoms with Crippen LogP contribution >= 0.6 is 0 Å². The Hall–Kier alpha value is -1.14. The van der Waals surface area contributed by atoms with Crippen LogP contribution in [-0.4, -0.2) is 35.0 Å². The van der Waals surface area contributed by atoms with Crippen molar-refractivity contribution in [1.82, 2.24) is 10.3 Å². The maximum atomic E-state index is 12.9. The molecule has 0 amide bonds. The minimum Gasteiger partial charge on any atom is -0.393 e. The highest BCUT2D eigenvalue weighted by atomic mass is 19.4. The van der Waals surface area contributed by atoms with Gasteiger partial charge < -0.3 is 10.4 Å². The molecule has 0 bridgehead atoms. The van der Waals surface area contributed by atoms with Crippen LogP contribution in [0.4, 0.5) is 13.2 Å². The lowest BCUT2D eigenvalue weighted by Gasteiger charge is -2.23. The van der Waals surface area contributed by atoms with E-state index >= 15 is 0 Å². The largest absolute Gasteiger partial charge is 0.404 e. The topological polar surface area (TPSA) is 45.1 Å². The van der Waals surface area contributed by atoms with Crippen molar-refractivity contribution in [3.05, 3.63) is 30.1 Å². The maximum Gasteiger partial charge on any atom is 0.404 e. The molecule has 1 aromatic rings. The van der Waals surface area contributed by atoms with Crippen LogP contribution in [0.1, 0.15) is 25.8 Å². The van der Waals surface area contributed by atoms with Crippen molar-refractivity contribution in [2.75, 3.05) is 6.54 Å². The lowest BCUT2D eigenvalue weighted by Crippen LogP contribution is -2.45. The normalized spacial score (nSPS) is 15.3. The molecule has 6 heteroatoms. The fraction of sp³-hybridized carbons (Fsp3) is 0.643. The molecule has 1 rings (SSSR count). The number of aliphatic hydroxyl groups is 1. The molecule has 20 heavy (non-hydrogen) atoms. The summed E-state index contributed by atoms with van der Waals surface area (Å²) in [6.07, 6.45) is -1.77. The van der Waals surface area contributed by atoms with Gasteiger partial charge in [0, 0.05) is 12.4 Å². The van der Waals surface area contributed by atoms with Gasteiger partial charge in [0.1, 0.15) is 6.04 Å². The molecule has 3 nitrogen and oxygen atoms in total. The van der Waals surface area contributed by atoms with Crippen LogP contribution < -0.4 is 5.32 Å². The van der Waals surface area contributed by atoms with Crippen LogP contribution in [0.5, 0.6) is 0 Å². The Kier molecular flexibility index (Phi) is 6.42. The monoisotopic (exact) mass is 290 g/mol. The van der Waals surface area contributed by atoms with Gasteiger partial charge in [0.05, 0.1) is 6.10 Å². The minimum atomic E-state index is -4.31. The van der Waals surface area contributed by atoms with Gasteiger partial charge in [-0.15, -0.1) is 0 Å². The van der Waals surface area contributed by atoms with E-state index in [4.69, 9.17) is 0 Å². The SMILES string of the molecule is CC(C)C(O)CCNC(Cc1ccncc1)C(F)(F)F. The summed E-state index contributed by atoms with van der Waals surface area (Å²) in [5, 5.41) is 12.1. The van der Waals surface area contributed by atoms with Crippen LogP contribution in [-0.2, 0) is 6.42 Å². The lowest BCUT2D eigenvalue weighted by molar-refractivity contribution is -0.155. The highest BCUT2D eigenvalue weighted by Gasteiger charge is 2.39. The van der Waals surface area contributed by atoms with Crippen molar-refractivity contribution >= 4 is 0 Å². The number of hydrogen-bond donors (Lipinski definition) is 2. The van der Waals surface area contributed by atoms with Gasteiger partial charge in [-0.1, -0.05) is 13.8 Å². The highest BCUT2D eigenvalue weighted by molar-refractivity contribution is 5.12. The van der Waals surface area contributed by atoms with Crippen LogP contribution in [0.25, 0.3) is 0 Å². The van der Waals surface area contributed by atoms with E-state index < -0.39 is 18.3 Å². The van der Waals surface area contributed by atoms with Gasteiger partial charge in [0.25, 0.3) is 0 Å². The van der Waals surface area contributed by atoms with Gasteiger partial charge >= 0.3 is 6.18 Å². The van der Waals surface area contributed by atoms with E-state index in [0.717, 1.165) is 0 Å². The number of aromatic nitrogens is 1. The zero-order valence-electron chi connectivity index (χ0n) is 11.7. The average molecular weight is 290 g/mol. The third-order valence-electron chi connectivity index (χ3n) is 3.18. The predicted octanol–water partition coefficient (Wildman–Crippen LogP) is 2.55. The molecule has 0 aliphatic carbocycles. The van der Waals surface area contributed by atoms with Gasteiger partial charge in [0.2, 0.25) is 0 Å². The van der Waals surface area contributed by atoms with E-state index in [1.165, 1.54) is 12.4 Å². The van der Waals surface area contributed by atoms with E-state index in [-0.39, 0.29) is 18.9 Å². The number of aliphatic hydroxyl groups excluding tert-OH is 1. The number of alkyl halides is 3. The van der Waals surface area contributed by atoms with Crippen molar-refractivity contribution in [3.63, 3.8) is 0 Å². The number of pyridine rings is 1. The molecule has 1 heterocycles. The van der Waals surface area contributed by atoms with E-state index in [1.54, 1.807) is 12.1 Å². The minimum absolute atomic E-state index is 0.0429. The lowest BCUT2D eigenvalue weighted by atomic mass is 10.0. The Morgan fingerprint density at radius 1 is 1.25 bits per heavy atom. The number of halogens is 3. The maximum absolute atomic E-state index is 12.9. The summed E-state index contributed by atoms with van der Waals surface area (Å²) in [6, 6.07) is 1.54. The van der Waals surface area contributed by atoms with E-state index in [1.807, 2.05) is 13.8 Å². The second-order valence-electron chi connectivity index (χ2n) is 5.21. The van der Waals surface area contributed by atoms with Gasteiger partial charge in [-0.3, -0.25) is 4.98 Å². The summed E-state index contributed by atoms with van der Waals surface area (Å²) in [6.45, 7) is 3.81. The van der Waals surface area contributed by atoms with Gasteiger partial charge in [-0.25, -0.2) is 0 Å². The number of rotatable bonds is 7. The molecule has 2 unspecified atom stereocenters. The number of nitrogens with zero attached hydrogens (tertiary/aromatic N) is 1. The molecule has 0 saturated carbocycles. The van der Waals surface area contributed by atoms with Crippen molar-refractivity contribution in [3.8, 4) is 0 Å². The Labute approximate surface area is 117 Å². The zero-order chi connectivity index (χ0) is 15.2. The first kappa shape index (κ1) is 16.9. The van der Waals surface area contributed by atoms with Crippen LogP contribution in [0.3, 0.4) is 0 Å². The third kappa shape index (κ3) is 5.88. The molecule has 2 atom stereocenters. The Balaban J connectivity index is 2.54. The first-order chi connectivity index (χ1) is 9.30. The summed E-state index contributed by atoms with van der Waals surface area (Å²) >= 11 is 0. The average Bonchev–Trinajstić information content (AvgIpc) is 2.37. The fourth-order valence-corrected chi connectivity index (χ4v) is 1.80. The first-order valence-corrected chi connectivity index (χ1v) is 6.67. The molecule has 2 N–H and O–H groups in total. The highest BCUT2D eigenvalue weighted by Crippen LogP contribution is 2.23. The fourth-order valence-electron chi connectivity index (χ4n) is 1.80. The van der Waals surface area contributed by atoms with Gasteiger partial charge in [0.15, 0.2) is 0 Å². The zero-order valence-corrected chi connectivity index (χ0v) is 11.7. The van der Waals surface area contributed by atoms with E-state index in [0.29, 0.717) is 12.0 Å². The summed E-state index contributed by atoms with van der Waals surface area (Å²) in [5.74, 6) is 0.0429. The Morgan fingerprint density at radius 3 is 2.35 bits per heavy atom. The number of hydrogen-bond acceptors (Lipinski definition) is 3. The first-order valence-electron chi connectivity index (χ1n) is 6.67. The molecular formula is C14H21F3N2O. The van der Waals surface area contributed by atoms with Crippen molar-refractivity contribution in [2.24, 2.45) is 5.92 Å². The number of nitrogens with one attached hydrogen (secondary N) is 1. The quantitative estimate of drug-likeness (QED) is 0.811. The molecule has 114 valence electrons. The molecule has 0 spiro atoms. The second kappa shape index (κ2) is 7.59. The predicted molar refractivity (Wildman–Crippen MR) is 71.2 cm³/mol. The smallest absolute Gasteiger partial charge is 0.393 e. The second-order valence-corrected chi connectivity index (χ2v) is 5.21. The molecule has 0 aliphatic rings.